The summed E-state index contributed by atoms with van der Waals surface area (Å²) in [5.74, 6) is -0.0768. The molecule has 0 saturated heterocycles. The van der Waals surface area contributed by atoms with E-state index in [9.17, 15) is 19.2 Å². The number of alkyl carbamates (subject to hydrolysis) is 3. The number of nitrogens with one attached hydrogen (secondary N) is 3. The van der Waals surface area contributed by atoms with E-state index < -0.39 is 35.1 Å². The molecule has 2 aromatic carbocycles. The summed E-state index contributed by atoms with van der Waals surface area (Å²) in [7, 11) is 0. The van der Waals surface area contributed by atoms with Crippen LogP contribution in [0.3, 0.4) is 0 Å². The third kappa shape index (κ3) is 11.3. The maximum absolute atomic E-state index is 13.9. The van der Waals surface area contributed by atoms with Crippen molar-refractivity contribution in [2.75, 3.05) is 45.8 Å². The highest BCUT2D eigenvalue weighted by atomic mass is 16.6. The number of benzene rings is 2. The standard InChI is InChI=1S/C35H50N4O7/c1-33(2,3)44-30(41)36-16-19-39(20-17-37-31(42)45-34(4,5)6,21-18-38-32(43)46-35(7,8)9)23-26-22-25-14-10-12-24-13-11-15-27(28(24)25)29(26)40/h10-15,22H,16-21,23H2,1-9H3,(H2-,36,37,38,41,42,43)/p+1. The number of Topliss-reactive ketones (excluding diaryl/α,β-unsaturated/α-hetero) is 1. The van der Waals surface area contributed by atoms with Gasteiger partial charge in [0.1, 0.15) is 23.3 Å². The fourth-order valence-corrected chi connectivity index (χ4v) is 5.29. The van der Waals surface area contributed by atoms with Gasteiger partial charge < -0.3 is 34.6 Å². The zero-order valence-electron chi connectivity index (χ0n) is 28.8. The summed E-state index contributed by atoms with van der Waals surface area (Å²) in [4.78, 5) is 51.6. The second-order valence-electron chi connectivity index (χ2n) is 14.7. The molecule has 1 aliphatic rings. The van der Waals surface area contributed by atoms with Crippen LogP contribution in [0.4, 0.5) is 14.4 Å². The minimum Gasteiger partial charge on any atom is -0.444 e. The van der Waals surface area contributed by atoms with Crippen LogP contribution in [-0.4, -0.2) is 91.2 Å². The van der Waals surface area contributed by atoms with Crippen LogP contribution in [0, 0.1) is 0 Å². The second kappa shape index (κ2) is 14.5. The Morgan fingerprint density at radius 3 is 1.48 bits per heavy atom. The van der Waals surface area contributed by atoms with Gasteiger partial charge in [-0.3, -0.25) is 4.79 Å². The van der Waals surface area contributed by atoms with Crippen LogP contribution in [0.25, 0.3) is 16.8 Å². The van der Waals surface area contributed by atoms with Crippen LogP contribution in [-0.2, 0) is 14.2 Å². The first-order valence-corrected chi connectivity index (χ1v) is 15.8. The fraction of sp³-hybridized carbons (Fsp3) is 0.543. The molecule has 0 fully saturated rings. The second-order valence-corrected chi connectivity index (χ2v) is 14.7. The lowest BCUT2D eigenvalue weighted by atomic mass is 9.87. The van der Waals surface area contributed by atoms with Gasteiger partial charge >= 0.3 is 18.3 Å². The third-order valence-electron chi connectivity index (χ3n) is 7.07. The summed E-state index contributed by atoms with van der Waals surface area (Å²) in [6.45, 7) is 18.2. The van der Waals surface area contributed by atoms with Crippen molar-refractivity contribution in [3.05, 3.63) is 53.1 Å². The summed E-state index contributed by atoms with van der Waals surface area (Å²) in [5.41, 5.74) is 0.175. The van der Waals surface area contributed by atoms with Crippen LogP contribution >= 0.6 is 0 Å². The Labute approximate surface area is 272 Å². The molecule has 0 aliphatic heterocycles. The van der Waals surface area contributed by atoms with Crippen molar-refractivity contribution in [2.24, 2.45) is 0 Å². The van der Waals surface area contributed by atoms with Gasteiger partial charge in [0.05, 0.1) is 44.8 Å². The maximum atomic E-state index is 13.9. The number of quaternary nitrogens is 1. The van der Waals surface area contributed by atoms with Crippen molar-refractivity contribution in [2.45, 2.75) is 79.1 Å². The quantitative estimate of drug-likeness (QED) is 0.209. The van der Waals surface area contributed by atoms with Crippen LogP contribution in [0.1, 0.15) is 78.2 Å². The van der Waals surface area contributed by atoms with E-state index in [1.165, 1.54) is 0 Å². The Morgan fingerprint density at radius 1 is 0.652 bits per heavy atom. The topological polar surface area (TPSA) is 132 Å². The van der Waals surface area contributed by atoms with E-state index in [4.69, 9.17) is 14.2 Å². The Bertz CT molecular complexity index is 1370. The molecule has 0 radical (unpaired) electrons. The Balaban J connectivity index is 1.93. The van der Waals surface area contributed by atoms with Crippen LogP contribution in [0.5, 0.6) is 0 Å². The van der Waals surface area contributed by atoms with Crippen molar-refractivity contribution < 1.29 is 37.9 Å². The summed E-state index contributed by atoms with van der Waals surface area (Å²) in [6, 6.07) is 11.7. The summed E-state index contributed by atoms with van der Waals surface area (Å²) < 4.78 is 16.6. The monoisotopic (exact) mass is 639 g/mol. The molecule has 46 heavy (non-hydrogen) atoms. The molecule has 3 N–H and O–H groups in total. The normalized spacial score (nSPS) is 13.5. The lowest BCUT2D eigenvalue weighted by Gasteiger charge is -2.40. The van der Waals surface area contributed by atoms with Gasteiger partial charge in [-0.15, -0.1) is 0 Å². The minimum atomic E-state index is -0.668. The average molecular weight is 640 g/mol. The predicted octanol–water partition coefficient (Wildman–Crippen LogP) is 5.81. The fourth-order valence-electron chi connectivity index (χ4n) is 5.29. The van der Waals surface area contributed by atoms with E-state index >= 15 is 0 Å². The first kappa shape index (κ1) is 36.3. The van der Waals surface area contributed by atoms with Crippen LogP contribution < -0.4 is 16.0 Å². The van der Waals surface area contributed by atoms with Crippen LogP contribution in [0.2, 0.25) is 0 Å². The van der Waals surface area contributed by atoms with Crippen molar-refractivity contribution in [3.63, 3.8) is 0 Å². The molecule has 0 atom stereocenters. The summed E-state index contributed by atoms with van der Waals surface area (Å²) in [6.07, 6.45) is 0.253. The van der Waals surface area contributed by atoms with Crippen molar-refractivity contribution >= 4 is 40.9 Å². The molecule has 0 saturated carbocycles. The predicted molar refractivity (Wildman–Crippen MR) is 179 cm³/mol. The molecule has 0 heterocycles. The molecule has 0 unspecified atom stereocenters. The molecule has 11 nitrogen and oxygen atoms in total. The molecule has 3 amide bonds. The first-order valence-electron chi connectivity index (χ1n) is 15.8. The largest absolute Gasteiger partial charge is 0.444 e. The van der Waals surface area contributed by atoms with Crippen molar-refractivity contribution in [1.82, 2.24) is 16.0 Å². The van der Waals surface area contributed by atoms with Gasteiger partial charge in [-0.2, -0.15) is 0 Å². The molecule has 3 rings (SSSR count). The number of hydrogen-bond donors (Lipinski definition) is 3. The number of carbonyl (C=O) groups is 4. The zero-order valence-corrected chi connectivity index (χ0v) is 28.8. The highest BCUT2D eigenvalue weighted by Crippen LogP contribution is 2.32. The third-order valence-corrected chi connectivity index (χ3v) is 7.07. The van der Waals surface area contributed by atoms with Gasteiger partial charge in [0.15, 0.2) is 5.78 Å². The minimum absolute atomic E-state index is 0.0768. The Kier molecular flexibility index (Phi) is 11.5. The number of ketones is 1. The molecule has 252 valence electrons. The number of ether oxygens (including phenoxy) is 3. The number of carbonyl (C=O) groups excluding carboxylic acids is 4. The van der Waals surface area contributed by atoms with Crippen molar-refractivity contribution in [3.8, 4) is 0 Å². The van der Waals surface area contributed by atoms with E-state index in [1.807, 2.05) is 42.5 Å². The van der Waals surface area contributed by atoms with E-state index in [2.05, 4.69) is 16.0 Å². The SMILES string of the molecule is CC(C)(C)OC(=O)NCC[N+](CCNC(=O)OC(C)(C)C)(CCNC(=O)OC(C)(C)C)CC1=Cc2cccc3cccc(c23)C1=O. The van der Waals surface area contributed by atoms with Crippen molar-refractivity contribution in [1.29, 1.82) is 0 Å². The molecule has 0 spiro atoms. The van der Waals surface area contributed by atoms with E-state index in [1.54, 1.807) is 62.3 Å². The summed E-state index contributed by atoms with van der Waals surface area (Å²) in [5, 5.41) is 10.4. The lowest BCUT2D eigenvalue weighted by molar-refractivity contribution is -0.920. The highest BCUT2D eigenvalue weighted by molar-refractivity contribution is 6.22. The number of hydrogen-bond acceptors (Lipinski definition) is 7. The van der Waals surface area contributed by atoms with Gasteiger partial charge in [0.25, 0.3) is 0 Å². The first-order chi connectivity index (χ1) is 21.3. The molecule has 11 heteroatoms. The smallest absolute Gasteiger partial charge is 0.407 e. The molecule has 0 aromatic heterocycles. The van der Waals surface area contributed by atoms with E-state index in [0.717, 1.165) is 16.3 Å². The number of rotatable bonds is 11. The van der Waals surface area contributed by atoms with Crippen LogP contribution in [0.15, 0.2) is 42.0 Å². The lowest BCUT2D eigenvalue weighted by Crippen LogP contribution is -2.59. The molecular formula is C35H51N4O7+. The summed E-state index contributed by atoms with van der Waals surface area (Å²) >= 11 is 0. The van der Waals surface area contributed by atoms with E-state index in [0.29, 0.717) is 30.8 Å². The van der Waals surface area contributed by atoms with Gasteiger partial charge in [0.2, 0.25) is 0 Å². The average Bonchev–Trinajstić information content (AvgIpc) is 2.88. The number of nitrogens with zero attached hydrogens (tertiary/aromatic N) is 1. The molecule has 1 aliphatic carbocycles. The highest BCUT2D eigenvalue weighted by Gasteiger charge is 2.34. The van der Waals surface area contributed by atoms with E-state index in [-0.39, 0.29) is 36.4 Å². The zero-order chi connectivity index (χ0) is 34.3. The Morgan fingerprint density at radius 2 is 1.07 bits per heavy atom. The Hall–Kier alpha value is -4.12. The molecule has 0 bridgehead atoms. The van der Waals surface area contributed by atoms with Gasteiger partial charge in [0, 0.05) is 10.9 Å². The molecule has 2 aromatic rings. The van der Waals surface area contributed by atoms with Gasteiger partial charge in [-0.05, 0) is 79.3 Å². The van der Waals surface area contributed by atoms with Gasteiger partial charge in [-0.1, -0.05) is 36.4 Å². The maximum Gasteiger partial charge on any atom is 0.407 e. The van der Waals surface area contributed by atoms with Gasteiger partial charge in [-0.25, -0.2) is 14.4 Å². The number of amides is 3. The molecular weight excluding hydrogens is 588 g/mol.